The standard InChI is InChI=1S/C12H11N4/c1-14-12-8-15-11(16-12)6-9-2-4-10(7-13)5-3-9/h2-5,8H,6H2,1H3,(H,15,16). The van der Waals surface area contributed by atoms with Crippen LogP contribution in [0.2, 0.25) is 0 Å². The van der Waals surface area contributed by atoms with E-state index in [1.165, 1.54) is 0 Å². The molecule has 0 saturated carbocycles. The van der Waals surface area contributed by atoms with Gasteiger partial charge in [-0.15, -0.1) is 0 Å². The summed E-state index contributed by atoms with van der Waals surface area (Å²) in [6, 6.07) is 9.58. The van der Waals surface area contributed by atoms with Crippen molar-refractivity contribution in [2.24, 2.45) is 0 Å². The number of H-pyrrole nitrogens is 1. The number of aromatic amines is 1. The molecular formula is C12H11N4. The Balaban J connectivity index is 2.11. The van der Waals surface area contributed by atoms with Gasteiger partial charge in [0.15, 0.2) is 0 Å². The van der Waals surface area contributed by atoms with Gasteiger partial charge in [-0.25, -0.2) is 4.98 Å². The van der Waals surface area contributed by atoms with Gasteiger partial charge < -0.3 is 4.98 Å². The first kappa shape index (κ1) is 10.2. The van der Waals surface area contributed by atoms with Gasteiger partial charge in [0.1, 0.15) is 11.6 Å². The molecule has 0 atom stereocenters. The van der Waals surface area contributed by atoms with Gasteiger partial charge in [-0.3, -0.25) is 5.32 Å². The summed E-state index contributed by atoms with van der Waals surface area (Å²) in [6.07, 6.45) is 2.43. The highest BCUT2D eigenvalue weighted by molar-refractivity contribution is 5.33. The first-order chi connectivity index (χ1) is 7.81. The summed E-state index contributed by atoms with van der Waals surface area (Å²) in [6.45, 7) is 0. The predicted octanol–water partition coefficient (Wildman–Crippen LogP) is 1.74. The number of aromatic nitrogens is 2. The molecule has 0 saturated heterocycles. The van der Waals surface area contributed by atoms with Crippen LogP contribution in [-0.4, -0.2) is 17.0 Å². The number of rotatable bonds is 3. The Kier molecular flexibility index (Phi) is 2.88. The van der Waals surface area contributed by atoms with Crippen LogP contribution in [-0.2, 0) is 6.42 Å². The van der Waals surface area contributed by atoms with E-state index in [1.54, 1.807) is 13.2 Å². The third-order valence-corrected chi connectivity index (χ3v) is 2.31. The van der Waals surface area contributed by atoms with Crippen molar-refractivity contribution in [2.75, 3.05) is 7.05 Å². The molecule has 1 aromatic heterocycles. The molecule has 0 aliphatic carbocycles. The summed E-state index contributed by atoms with van der Waals surface area (Å²) in [5.74, 6) is 1.66. The maximum atomic E-state index is 8.67. The van der Waals surface area contributed by atoms with Gasteiger partial charge in [0.25, 0.3) is 0 Å². The Labute approximate surface area is 94.0 Å². The number of nitriles is 1. The van der Waals surface area contributed by atoms with Gasteiger partial charge in [-0.2, -0.15) is 5.26 Å². The third kappa shape index (κ3) is 2.20. The molecular weight excluding hydrogens is 200 g/mol. The Bertz CT molecular complexity index is 505. The lowest BCUT2D eigenvalue weighted by atomic mass is 10.1. The lowest BCUT2D eigenvalue weighted by molar-refractivity contribution is 0.990. The Morgan fingerprint density at radius 1 is 1.38 bits per heavy atom. The zero-order chi connectivity index (χ0) is 11.4. The van der Waals surface area contributed by atoms with Crippen LogP contribution in [0.15, 0.2) is 30.5 Å². The summed E-state index contributed by atoms with van der Waals surface area (Å²) in [5.41, 5.74) is 1.79. The van der Waals surface area contributed by atoms with Crippen LogP contribution < -0.4 is 5.32 Å². The van der Waals surface area contributed by atoms with E-state index in [2.05, 4.69) is 21.4 Å². The molecule has 16 heavy (non-hydrogen) atoms. The second-order valence-electron chi connectivity index (χ2n) is 3.42. The second kappa shape index (κ2) is 4.49. The lowest BCUT2D eigenvalue weighted by Gasteiger charge is -1.98. The van der Waals surface area contributed by atoms with Crippen LogP contribution in [0.4, 0.5) is 5.82 Å². The summed E-state index contributed by atoms with van der Waals surface area (Å²) >= 11 is 0. The van der Waals surface area contributed by atoms with Gasteiger partial charge >= 0.3 is 0 Å². The fourth-order valence-corrected chi connectivity index (χ4v) is 1.45. The first-order valence-corrected chi connectivity index (χ1v) is 4.94. The maximum Gasteiger partial charge on any atom is 0.144 e. The van der Waals surface area contributed by atoms with Crippen LogP contribution in [0.3, 0.4) is 0 Å². The molecule has 0 unspecified atom stereocenters. The van der Waals surface area contributed by atoms with E-state index in [4.69, 9.17) is 5.26 Å². The van der Waals surface area contributed by atoms with E-state index >= 15 is 0 Å². The molecule has 2 aromatic rings. The fraction of sp³-hybridized carbons (Fsp3) is 0.167. The normalized spacial score (nSPS) is 9.75. The molecule has 2 rings (SSSR count). The van der Waals surface area contributed by atoms with Crippen molar-refractivity contribution in [1.29, 1.82) is 5.26 Å². The van der Waals surface area contributed by atoms with Crippen LogP contribution in [0.25, 0.3) is 0 Å². The largest absolute Gasteiger partial charge is 0.327 e. The third-order valence-electron chi connectivity index (χ3n) is 2.31. The number of hydrogen-bond donors (Lipinski definition) is 1. The second-order valence-corrected chi connectivity index (χ2v) is 3.42. The monoisotopic (exact) mass is 211 g/mol. The average Bonchev–Trinajstić information content (AvgIpc) is 2.78. The number of hydrogen-bond acceptors (Lipinski definition) is 2. The van der Waals surface area contributed by atoms with Crippen molar-refractivity contribution < 1.29 is 0 Å². The summed E-state index contributed by atoms with van der Waals surface area (Å²) < 4.78 is 0. The van der Waals surface area contributed by atoms with E-state index < -0.39 is 0 Å². The van der Waals surface area contributed by atoms with Crippen LogP contribution in [0.5, 0.6) is 0 Å². The van der Waals surface area contributed by atoms with Crippen LogP contribution in [0.1, 0.15) is 17.0 Å². The van der Waals surface area contributed by atoms with Crippen LogP contribution in [0, 0.1) is 11.3 Å². The highest BCUT2D eigenvalue weighted by Gasteiger charge is 2.01. The average molecular weight is 211 g/mol. The highest BCUT2D eigenvalue weighted by atomic mass is 15.0. The predicted molar refractivity (Wildman–Crippen MR) is 60.3 cm³/mol. The Morgan fingerprint density at radius 2 is 2.12 bits per heavy atom. The Hall–Kier alpha value is -2.28. The minimum Gasteiger partial charge on any atom is -0.327 e. The topological polar surface area (TPSA) is 66.6 Å². The van der Waals surface area contributed by atoms with E-state index in [-0.39, 0.29) is 0 Å². The van der Waals surface area contributed by atoms with Crippen molar-refractivity contribution in [3.05, 3.63) is 47.4 Å². The first-order valence-electron chi connectivity index (χ1n) is 4.94. The number of imidazole rings is 1. The molecule has 0 bridgehead atoms. The number of nitrogens with zero attached hydrogens (tertiary/aromatic N) is 3. The number of benzene rings is 1. The zero-order valence-electron chi connectivity index (χ0n) is 8.94. The summed E-state index contributed by atoms with van der Waals surface area (Å²) in [5, 5.41) is 12.7. The van der Waals surface area contributed by atoms with Crippen LogP contribution >= 0.6 is 0 Å². The van der Waals surface area contributed by atoms with E-state index in [1.807, 2.05) is 24.3 Å². The molecule has 0 amide bonds. The molecule has 4 nitrogen and oxygen atoms in total. The van der Waals surface area contributed by atoms with Crippen molar-refractivity contribution in [2.45, 2.75) is 6.42 Å². The summed E-state index contributed by atoms with van der Waals surface area (Å²) in [4.78, 5) is 7.31. The van der Waals surface area contributed by atoms with Crippen molar-refractivity contribution >= 4 is 5.82 Å². The quantitative estimate of drug-likeness (QED) is 0.840. The molecule has 0 fully saturated rings. The molecule has 79 valence electrons. The molecule has 1 heterocycles. The molecule has 4 heteroatoms. The molecule has 1 aromatic carbocycles. The SMILES string of the molecule is C[N]c1cnc(Cc2ccc(C#N)cc2)[nH]1. The maximum absolute atomic E-state index is 8.67. The van der Waals surface area contributed by atoms with Gasteiger partial charge in [-0.1, -0.05) is 12.1 Å². The number of nitrogens with one attached hydrogen (secondary N) is 1. The van der Waals surface area contributed by atoms with Gasteiger partial charge in [0.2, 0.25) is 0 Å². The Morgan fingerprint density at radius 3 is 2.69 bits per heavy atom. The van der Waals surface area contributed by atoms with Gasteiger partial charge in [-0.05, 0) is 17.7 Å². The van der Waals surface area contributed by atoms with Gasteiger partial charge in [0.05, 0.1) is 17.8 Å². The molecule has 1 radical (unpaired) electrons. The lowest BCUT2D eigenvalue weighted by Crippen LogP contribution is -1.92. The van der Waals surface area contributed by atoms with Gasteiger partial charge in [0, 0.05) is 13.5 Å². The molecule has 1 N–H and O–H groups in total. The zero-order valence-corrected chi connectivity index (χ0v) is 8.94. The van der Waals surface area contributed by atoms with Crippen molar-refractivity contribution in [3.63, 3.8) is 0 Å². The van der Waals surface area contributed by atoms with E-state index in [0.29, 0.717) is 5.56 Å². The molecule has 0 aliphatic heterocycles. The summed E-state index contributed by atoms with van der Waals surface area (Å²) in [7, 11) is 1.72. The minimum atomic E-state index is 0.674. The minimum absolute atomic E-state index is 0.674. The van der Waals surface area contributed by atoms with E-state index in [9.17, 15) is 0 Å². The molecule has 0 spiro atoms. The van der Waals surface area contributed by atoms with Crippen molar-refractivity contribution in [3.8, 4) is 6.07 Å². The fourth-order valence-electron chi connectivity index (χ4n) is 1.45. The van der Waals surface area contributed by atoms with E-state index in [0.717, 1.165) is 23.6 Å². The smallest absolute Gasteiger partial charge is 0.144 e. The van der Waals surface area contributed by atoms with Crippen molar-refractivity contribution in [1.82, 2.24) is 15.3 Å². The molecule has 0 aliphatic rings. The highest BCUT2D eigenvalue weighted by Crippen LogP contribution is 2.10.